The van der Waals surface area contributed by atoms with Crippen molar-refractivity contribution in [3.05, 3.63) is 111 Å². The van der Waals surface area contributed by atoms with E-state index < -0.39 is 0 Å². The third-order valence-corrected chi connectivity index (χ3v) is 4.82. The SMILES string of the molecule is Cc1ccc(N/C(=C\C(=O)c2ccc(Br)cc2)C(=O)c2ccc(C)cc2)cc1. The number of nitrogens with one attached hydrogen (secondary N) is 1. The van der Waals surface area contributed by atoms with Crippen LogP contribution in [0.25, 0.3) is 0 Å². The van der Waals surface area contributed by atoms with E-state index in [1.54, 1.807) is 36.4 Å². The molecular formula is C24H20BrNO2. The standard InChI is InChI=1S/C24H20BrNO2/c1-16-3-7-19(8-4-16)24(28)22(26-21-13-5-17(2)6-14-21)15-23(27)18-9-11-20(25)12-10-18/h3-15,26H,1-2H3/b22-15-. The minimum atomic E-state index is -0.234. The number of Topliss-reactive ketones (excluding diaryl/α,β-unsaturated/α-hetero) is 1. The maximum Gasteiger partial charge on any atom is 0.209 e. The quantitative estimate of drug-likeness (QED) is 0.375. The average molecular weight is 434 g/mol. The lowest BCUT2D eigenvalue weighted by atomic mass is 10.0. The second-order valence-electron chi connectivity index (χ2n) is 6.62. The van der Waals surface area contributed by atoms with Gasteiger partial charge < -0.3 is 5.32 Å². The summed E-state index contributed by atoms with van der Waals surface area (Å²) >= 11 is 3.36. The van der Waals surface area contributed by atoms with Gasteiger partial charge in [-0.05, 0) is 50.2 Å². The molecule has 0 saturated heterocycles. The maximum atomic E-state index is 13.1. The number of carbonyl (C=O) groups excluding carboxylic acids is 2. The van der Waals surface area contributed by atoms with Crippen molar-refractivity contribution in [2.24, 2.45) is 0 Å². The summed E-state index contributed by atoms with van der Waals surface area (Å²) in [6.45, 7) is 3.96. The van der Waals surface area contributed by atoms with Crippen molar-refractivity contribution in [3.8, 4) is 0 Å². The fourth-order valence-corrected chi connectivity index (χ4v) is 2.90. The number of aryl methyl sites for hydroxylation is 2. The van der Waals surface area contributed by atoms with Crippen molar-refractivity contribution < 1.29 is 9.59 Å². The first-order valence-electron chi connectivity index (χ1n) is 8.89. The van der Waals surface area contributed by atoms with Crippen molar-refractivity contribution in [3.63, 3.8) is 0 Å². The Kier molecular flexibility index (Phi) is 6.22. The lowest BCUT2D eigenvalue weighted by molar-refractivity contribution is 0.101. The van der Waals surface area contributed by atoms with Gasteiger partial charge in [-0.25, -0.2) is 0 Å². The fourth-order valence-electron chi connectivity index (χ4n) is 2.64. The van der Waals surface area contributed by atoms with Crippen LogP contribution < -0.4 is 5.32 Å². The van der Waals surface area contributed by atoms with Crippen LogP contribution in [0.15, 0.2) is 89.0 Å². The van der Waals surface area contributed by atoms with Crippen molar-refractivity contribution in [1.82, 2.24) is 0 Å². The van der Waals surface area contributed by atoms with Gasteiger partial charge in [0.15, 0.2) is 5.78 Å². The van der Waals surface area contributed by atoms with Gasteiger partial charge in [-0.3, -0.25) is 9.59 Å². The summed E-state index contributed by atoms with van der Waals surface area (Å²) in [6.07, 6.45) is 1.37. The monoisotopic (exact) mass is 433 g/mol. The first-order valence-corrected chi connectivity index (χ1v) is 9.68. The molecule has 4 heteroatoms. The summed E-state index contributed by atoms with van der Waals surface area (Å²) in [5, 5.41) is 3.11. The molecule has 28 heavy (non-hydrogen) atoms. The first-order chi connectivity index (χ1) is 13.4. The van der Waals surface area contributed by atoms with E-state index in [2.05, 4.69) is 21.2 Å². The number of halogens is 1. The van der Waals surface area contributed by atoms with Gasteiger partial charge in [0.1, 0.15) is 0 Å². The molecular weight excluding hydrogens is 414 g/mol. The van der Waals surface area contributed by atoms with Gasteiger partial charge in [0.05, 0.1) is 5.70 Å². The van der Waals surface area contributed by atoms with Gasteiger partial charge in [-0.2, -0.15) is 0 Å². The molecule has 0 spiro atoms. The van der Waals surface area contributed by atoms with Crippen molar-refractivity contribution in [1.29, 1.82) is 0 Å². The maximum absolute atomic E-state index is 13.1. The highest BCUT2D eigenvalue weighted by atomic mass is 79.9. The summed E-state index contributed by atoms with van der Waals surface area (Å²) in [4.78, 5) is 25.8. The number of anilines is 1. The molecule has 0 atom stereocenters. The molecule has 0 fully saturated rings. The molecule has 0 saturated carbocycles. The first kappa shape index (κ1) is 19.8. The van der Waals surface area contributed by atoms with Crippen molar-refractivity contribution in [2.45, 2.75) is 13.8 Å². The topological polar surface area (TPSA) is 46.2 Å². The van der Waals surface area contributed by atoms with Crippen LogP contribution in [-0.2, 0) is 0 Å². The Balaban J connectivity index is 1.96. The Hall–Kier alpha value is -2.98. The van der Waals surface area contributed by atoms with E-state index in [4.69, 9.17) is 0 Å². The second-order valence-corrected chi connectivity index (χ2v) is 7.53. The second kappa shape index (κ2) is 8.81. The zero-order valence-electron chi connectivity index (χ0n) is 15.7. The number of benzene rings is 3. The predicted molar refractivity (Wildman–Crippen MR) is 117 cm³/mol. The van der Waals surface area contributed by atoms with Crippen LogP contribution in [0.2, 0.25) is 0 Å². The summed E-state index contributed by atoms with van der Waals surface area (Å²) in [5.41, 5.74) is 4.22. The lowest BCUT2D eigenvalue weighted by Crippen LogP contribution is -2.14. The molecule has 3 aromatic rings. The highest BCUT2D eigenvalue weighted by molar-refractivity contribution is 9.10. The zero-order valence-corrected chi connectivity index (χ0v) is 17.3. The molecule has 0 radical (unpaired) electrons. The molecule has 0 heterocycles. The van der Waals surface area contributed by atoms with Gasteiger partial charge in [0.25, 0.3) is 0 Å². The third kappa shape index (κ3) is 5.05. The van der Waals surface area contributed by atoms with Crippen molar-refractivity contribution >= 4 is 33.2 Å². The van der Waals surface area contributed by atoms with E-state index in [1.807, 2.05) is 50.2 Å². The minimum absolute atomic E-state index is 0.231. The van der Waals surface area contributed by atoms with Crippen LogP contribution in [0.5, 0.6) is 0 Å². The van der Waals surface area contributed by atoms with E-state index in [9.17, 15) is 9.59 Å². The molecule has 0 aromatic heterocycles. The van der Waals surface area contributed by atoms with Crippen LogP contribution in [0.4, 0.5) is 5.69 Å². The molecule has 3 aromatic carbocycles. The van der Waals surface area contributed by atoms with Gasteiger partial charge in [0.2, 0.25) is 5.78 Å². The number of hydrogen-bond donors (Lipinski definition) is 1. The molecule has 0 aliphatic carbocycles. The highest BCUT2D eigenvalue weighted by Gasteiger charge is 2.15. The van der Waals surface area contributed by atoms with E-state index in [0.717, 1.165) is 21.3 Å². The zero-order chi connectivity index (χ0) is 20.1. The number of rotatable bonds is 6. The molecule has 140 valence electrons. The average Bonchev–Trinajstić information content (AvgIpc) is 2.69. The molecule has 3 nitrogen and oxygen atoms in total. The van der Waals surface area contributed by atoms with Crippen LogP contribution in [0, 0.1) is 13.8 Å². The Morgan fingerprint density at radius 3 is 1.82 bits per heavy atom. The largest absolute Gasteiger partial charge is 0.352 e. The van der Waals surface area contributed by atoms with E-state index in [-0.39, 0.29) is 17.3 Å². The van der Waals surface area contributed by atoms with Gasteiger partial charge in [-0.15, -0.1) is 0 Å². The number of hydrogen-bond acceptors (Lipinski definition) is 3. The number of allylic oxidation sites excluding steroid dienone is 2. The Labute approximate surface area is 173 Å². The highest BCUT2D eigenvalue weighted by Crippen LogP contribution is 2.18. The molecule has 0 aliphatic rings. The number of ketones is 2. The molecule has 0 bridgehead atoms. The Morgan fingerprint density at radius 2 is 1.25 bits per heavy atom. The minimum Gasteiger partial charge on any atom is -0.352 e. The van der Waals surface area contributed by atoms with Crippen LogP contribution >= 0.6 is 15.9 Å². The van der Waals surface area contributed by atoms with E-state index in [0.29, 0.717) is 11.1 Å². The third-order valence-electron chi connectivity index (χ3n) is 4.29. The smallest absolute Gasteiger partial charge is 0.209 e. The van der Waals surface area contributed by atoms with Crippen LogP contribution in [-0.4, -0.2) is 11.6 Å². The summed E-state index contributed by atoms with van der Waals surface area (Å²) in [6, 6.07) is 22.0. The van der Waals surface area contributed by atoms with Gasteiger partial charge >= 0.3 is 0 Å². The Bertz CT molecular complexity index is 1020. The van der Waals surface area contributed by atoms with E-state index >= 15 is 0 Å². The number of carbonyl (C=O) groups is 2. The molecule has 0 amide bonds. The Morgan fingerprint density at radius 1 is 0.750 bits per heavy atom. The predicted octanol–water partition coefficient (Wildman–Crippen LogP) is 6.13. The van der Waals surface area contributed by atoms with Gasteiger partial charge in [-0.1, -0.05) is 63.5 Å². The normalized spacial score (nSPS) is 11.2. The van der Waals surface area contributed by atoms with Crippen LogP contribution in [0.1, 0.15) is 31.8 Å². The molecule has 3 rings (SSSR count). The van der Waals surface area contributed by atoms with Crippen LogP contribution in [0.3, 0.4) is 0 Å². The molecule has 0 aliphatic heterocycles. The summed E-state index contributed by atoms with van der Waals surface area (Å²) < 4.78 is 0.891. The molecule has 1 N–H and O–H groups in total. The lowest BCUT2D eigenvalue weighted by Gasteiger charge is -2.11. The van der Waals surface area contributed by atoms with Crippen molar-refractivity contribution in [2.75, 3.05) is 5.32 Å². The fraction of sp³-hybridized carbons (Fsp3) is 0.0833. The van der Waals surface area contributed by atoms with Gasteiger partial charge in [0, 0.05) is 27.4 Å². The summed E-state index contributed by atoms with van der Waals surface area (Å²) in [5.74, 6) is -0.464. The molecule has 0 unspecified atom stereocenters. The summed E-state index contributed by atoms with van der Waals surface area (Å²) in [7, 11) is 0. The van der Waals surface area contributed by atoms with E-state index in [1.165, 1.54) is 6.08 Å².